The van der Waals surface area contributed by atoms with Crippen LogP contribution in [0.3, 0.4) is 0 Å². The third kappa shape index (κ3) is 2.53. The standard InChI is InChI=1S/C15H11ClN2S/c16-11-6-2-1-5-10(11)14-9-15(19)18-13-8-4-3-7-12(13)17-14/h1-8H,9H2,(H,18,19). The van der Waals surface area contributed by atoms with Crippen molar-refractivity contribution in [3.63, 3.8) is 0 Å². The van der Waals surface area contributed by atoms with Gasteiger partial charge in [0.05, 0.1) is 22.1 Å². The Morgan fingerprint density at radius 3 is 2.63 bits per heavy atom. The molecule has 1 heterocycles. The highest BCUT2D eigenvalue weighted by molar-refractivity contribution is 7.80. The zero-order valence-electron chi connectivity index (χ0n) is 10.1. The van der Waals surface area contributed by atoms with Crippen LogP contribution < -0.4 is 5.32 Å². The van der Waals surface area contributed by atoms with E-state index in [0.717, 1.165) is 27.6 Å². The number of hydrogen-bond donors (Lipinski definition) is 1. The van der Waals surface area contributed by atoms with Crippen molar-refractivity contribution >= 4 is 45.9 Å². The van der Waals surface area contributed by atoms with Gasteiger partial charge < -0.3 is 5.32 Å². The molecule has 2 nitrogen and oxygen atoms in total. The highest BCUT2D eigenvalue weighted by Crippen LogP contribution is 2.30. The number of para-hydroxylation sites is 2. The second-order valence-electron chi connectivity index (χ2n) is 4.28. The van der Waals surface area contributed by atoms with Crippen LogP contribution in [0.4, 0.5) is 11.4 Å². The molecule has 4 heteroatoms. The van der Waals surface area contributed by atoms with Crippen molar-refractivity contribution in [3.05, 3.63) is 59.1 Å². The third-order valence-electron chi connectivity index (χ3n) is 2.95. The summed E-state index contributed by atoms with van der Waals surface area (Å²) in [6.45, 7) is 0. The van der Waals surface area contributed by atoms with Crippen LogP contribution in [-0.4, -0.2) is 10.7 Å². The van der Waals surface area contributed by atoms with Gasteiger partial charge in [-0.1, -0.05) is 54.2 Å². The summed E-state index contributed by atoms with van der Waals surface area (Å²) in [5.41, 5.74) is 3.66. The largest absolute Gasteiger partial charge is 0.348 e. The molecule has 1 N–H and O–H groups in total. The highest BCUT2D eigenvalue weighted by Gasteiger charge is 2.15. The first-order valence-electron chi connectivity index (χ1n) is 5.95. The molecule has 19 heavy (non-hydrogen) atoms. The number of fused-ring (bicyclic) bond motifs is 1. The first-order chi connectivity index (χ1) is 9.24. The summed E-state index contributed by atoms with van der Waals surface area (Å²) < 4.78 is 0. The molecule has 3 rings (SSSR count). The molecule has 0 saturated carbocycles. The maximum atomic E-state index is 6.24. The van der Waals surface area contributed by atoms with Gasteiger partial charge in [-0.3, -0.25) is 4.99 Å². The van der Waals surface area contributed by atoms with E-state index in [4.69, 9.17) is 28.8 Å². The molecule has 2 aromatic carbocycles. The van der Waals surface area contributed by atoms with Crippen LogP contribution in [0.1, 0.15) is 12.0 Å². The lowest BCUT2D eigenvalue weighted by Gasteiger charge is -2.06. The molecule has 94 valence electrons. The smallest absolute Gasteiger partial charge is 0.0868 e. The van der Waals surface area contributed by atoms with Gasteiger partial charge in [0.1, 0.15) is 0 Å². The van der Waals surface area contributed by atoms with Crippen LogP contribution in [-0.2, 0) is 0 Å². The summed E-state index contributed by atoms with van der Waals surface area (Å²) in [6, 6.07) is 15.6. The second kappa shape index (κ2) is 5.11. The second-order valence-corrected chi connectivity index (χ2v) is 5.18. The number of nitrogens with zero attached hydrogens (tertiary/aromatic N) is 1. The van der Waals surface area contributed by atoms with Crippen LogP contribution in [0.25, 0.3) is 0 Å². The molecule has 1 aliphatic rings. The first-order valence-corrected chi connectivity index (χ1v) is 6.74. The summed E-state index contributed by atoms with van der Waals surface area (Å²) in [5, 5.41) is 3.91. The minimum atomic E-state index is 0.591. The minimum Gasteiger partial charge on any atom is -0.348 e. The molecule has 0 fully saturated rings. The Kier molecular flexibility index (Phi) is 3.32. The minimum absolute atomic E-state index is 0.591. The van der Waals surface area contributed by atoms with E-state index in [-0.39, 0.29) is 0 Å². The van der Waals surface area contributed by atoms with Crippen LogP contribution >= 0.6 is 23.8 Å². The molecule has 0 aliphatic carbocycles. The average molecular weight is 287 g/mol. The van der Waals surface area contributed by atoms with E-state index in [1.165, 1.54) is 0 Å². The number of thiocarbonyl (C=S) groups is 1. The molecule has 0 spiro atoms. The van der Waals surface area contributed by atoms with Gasteiger partial charge in [0.2, 0.25) is 0 Å². The van der Waals surface area contributed by atoms with E-state index in [0.29, 0.717) is 11.4 Å². The summed E-state index contributed by atoms with van der Waals surface area (Å²) >= 11 is 11.6. The van der Waals surface area contributed by atoms with E-state index >= 15 is 0 Å². The molecular weight excluding hydrogens is 276 g/mol. The van der Waals surface area contributed by atoms with Crippen LogP contribution in [0.2, 0.25) is 5.02 Å². The molecule has 0 radical (unpaired) electrons. The van der Waals surface area contributed by atoms with Gasteiger partial charge in [-0.2, -0.15) is 0 Å². The normalized spacial score (nSPS) is 14.2. The predicted molar refractivity (Wildman–Crippen MR) is 84.9 cm³/mol. The number of rotatable bonds is 1. The van der Waals surface area contributed by atoms with E-state index in [2.05, 4.69) is 5.32 Å². The fraction of sp³-hybridized carbons (Fsp3) is 0.0667. The van der Waals surface area contributed by atoms with Crippen molar-refractivity contribution in [2.75, 3.05) is 5.32 Å². The Morgan fingerprint density at radius 1 is 1.05 bits per heavy atom. The van der Waals surface area contributed by atoms with E-state index in [9.17, 15) is 0 Å². The molecular formula is C15H11ClN2S. The summed E-state index contributed by atoms with van der Waals surface area (Å²) in [6.07, 6.45) is 0.591. The van der Waals surface area contributed by atoms with Gasteiger partial charge in [0.15, 0.2) is 0 Å². The Balaban J connectivity index is 2.14. The number of nitrogens with one attached hydrogen (secondary N) is 1. The summed E-state index contributed by atoms with van der Waals surface area (Å²) in [5.74, 6) is 0. The SMILES string of the molecule is S=C1CC(c2ccccc2Cl)=Nc2ccccc2N1. The van der Waals surface area contributed by atoms with E-state index in [1.54, 1.807) is 0 Å². The van der Waals surface area contributed by atoms with E-state index in [1.807, 2.05) is 48.5 Å². The van der Waals surface area contributed by atoms with Crippen molar-refractivity contribution < 1.29 is 0 Å². The molecule has 0 atom stereocenters. The summed E-state index contributed by atoms with van der Waals surface area (Å²) in [7, 11) is 0. The lowest BCUT2D eigenvalue weighted by Crippen LogP contribution is -2.13. The highest BCUT2D eigenvalue weighted by atomic mass is 35.5. The van der Waals surface area contributed by atoms with Crippen LogP contribution in [0.15, 0.2) is 53.5 Å². The van der Waals surface area contributed by atoms with Crippen molar-refractivity contribution in [2.24, 2.45) is 4.99 Å². The zero-order chi connectivity index (χ0) is 13.2. The average Bonchev–Trinajstić information content (AvgIpc) is 2.57. The van der Waals surface area contributed by atoms with Crippen molar-refractivity contribution in [1.82, 2.24) is 0 Å². The van der Waals surface area contributed by atoms with Gasteiger partial charge in [0.25, 0.3) is 0 Å². The van der Waals surface area contributed by atoms with Gasteiger partial charge in [0, 0.05) is 17.0 Å². The maximum Gasteiger partial charge on any atom is 0.0868 e. The van der Waals surface area contributed by atoms with Crippen LogP contribution in [0, 0.1) is 0 Å². The Labute approximate surface area is 122 Å². The fourth-order valence-electron chi connectivity index (χ4n) is 2.06. The molecule has 0 saturated heterocycles. The number of benzene rings is 2. The van der Waals surface area contributed by atoms with Crippen LogP contribution in [0.5, 0.6) is 0 Å². The molecule has 0 amide bonds. The van der Waals surface area contributed by atoms with E-state index < -0.39 is 0 Å². The number of hydrogen-bond acceptors (Lipinski definition) is 2. The maximum absolute atomic E-state index is 6.24. The fourth-order valence-corrected chi connectivity index (χ4v) is 2.55. The summed E-state index contributed by atoms with van der Waals surface area (Å²) in [4.78, 5) is 5.46. The molecule has 0 unspecified atom stereocenters. The Hall–Kier alpha value is -1.71. The molecule has 2 aromatic rings. The van der Waals surface area contributed by atoms with Gasteiger partial charge in [-0.25, -0.2) is 0 Å². The van der Waals surface area contributed by atoms with Gasteiger partial charge in [-0.05, 0) is 18.2 Å². The van der Waals surface area contributed by atoms with Gasteiger partial charge in [-0.15, -0.1) is 0 Å². The predicted octanol–water partition coefficient (Wildman–Crippen LogP) is 4.60. The quantitative estimate of drug-likeness (QED) is 0.775. The number of aliphatic imine (C=N–C) groups is 1. The number of halogens is 1. The first kappa shape index (κ1) is 12.3. The molecule has 1 aliphatic heterocycles. The Morgan fingerprint density at radius 2 is 1.79 bits per heavy atom. The monoisotopic (exact) mass is 286 g/mol. The lowest BCUT2D eigenvalue weighted by atomic mass is 10.1. The van der Waals surface area contributed by atoms with Crippen molar-refractivity contribution in [1.29, 1.82) is 0 Å². The van der Waals surface area contributed by atoms with Crippen molar-refractivity contribution in [3.8, 4) is 0 Å². The molecule has 0 aromatic heterocycles. The third-order valence-corrected chi connectivity index (χ3v) is 3.52. The Bertz CT molecular complexity index is 679. The zero-order valence-corrected chi connectivity index (χ0v) is 11.6. The topological polar surface area (TPSA) is 24.4 Å². The van der Waals surface area contributed by atoms with Crippen molar-refractivity contribution in [2.45, 2.75) is 6.42 Å². The molecule has 0 bridgehead atoms. The lowest BCUT2D eigenvalue weighted by molar-refractivity contribution is 1.46. The number of anilines is 1. The van der Waals surface area contributed by atoms with Gasteiger partial charge >= 0.3 is 0 Å².